The first-order valence-corrected chi connectivity index (χ1v) is 9.51. The third kappa shape index (κ3) is 3.32. The van der Waals surface area contributed by atoms with Gasteiger partial charge in [-0.15, -0.1) is 0 Å². The highest BCUT2D eigenvalue weighted by molar-refractivity contribution is 7.89. The number of carbonyl (C=O) groups excluding carboxylic acids is 1. The van der Waals surface area contributed by atoms with Gasteiger partial charge in [-0.1, -0.05) is 6.07 Å². The Hall–Kier alpha value is -2.19. The van der Waals surface area contributed by atoms with Crippen LogP contribution in [0.15, 0.2) is 29.2 Å². The summed E-state index contributed by atoms with van der Waals surface area (Å²) < 4.78 is 40.4. The lowest BCUT2D eigenvalue weighted by molar-refractivity contribution is 0.102. The van der Waals surface area contributed by atoms with E-state index in [0.717, 1.165) is 12.8 Å². The Kier molecular flexibility index (Phi) is 4.66. The summed E-state index contributed by atoms with van der Waals surface area (Å²) in [6.45, 7) is 4.23. The van der Waals surface area contributed by atoms with Gasteiger partial charge >= 0.3 is 0 Å². The zero-order chi connectivity index (χ0) is 18.2. The van der Waals surface area contributed by atoms with Crippen molar-refractivity contribution in [3.05, 3.63) is 47.0 Å². The minimum atomic E-state index is -3.63. The van der Waals surface area contributed by atoms with E-state index in [0.29, 0.717) is 30.0 Å². The molecule has 2 heterocycles. The monoisotopic (exact) mass is 365 g/mol. The molecule has 1 aromatic heterocycles. The lowest BCUT2D eigenvalue weighted by Crippen LogP contribution is -2.28. The fourth-order valence-electron chi connectivity index (χ4n) is 3.16. The Morgan fingerprint density at radius 1 is 1.24 bits per heavy atom. The Labute approximate surface area is 146 Å². The van der Waals surface area contributed by atoms with Crippen LogP contribution >= 0.6 is 0 Å². The molecule has 0 unspecified atom stereocenters. The molecule has 0 radical (unpaired) electrons. The van der Waals surface area contributed by atoms with Crippen molar-refractivity contribution in [1.29, 1.82) is 0 Å². The summed E-state index contributed by atoms with van der Waals surface area (Å²) >= 11 is 0. The molecule has 2 aromatic rings. The number of anilines is 1. The van der Waals surface area contributed by atoms with Crippen LogP contribution < -0.4 is 5.32 Å². The van der Waals surface area contributed by atoms with Crippen molar-refractivity contribution in [2.75, 3.05) is 18.4 Å². The number of sulfonamides is 1. The van der Waals surface area contributed by atoms with Crippen molar-refractivity contribution in [3.63, 3.8) is 0 Å². The molecule has 0 saturated carbocycles. The number of nitrogens with zero attached hydrogens (tertiary/aromatic N) is 1. The third-order valence-electron chi connectivity index (χ3n) is 4.34. The number of nitrogens with one attached hydrogen (secondary N) is 2. The highest BCUT2D eigenvalue weighted by atomic mass is 32.2. The van der Waals surface area contributed by atoms with E-state index in [4.69, 9.17) is 0 Å². The first kappa shape index (κ1) is 17.6. The molecule has 1 aliphatic rings. The van der Waals surface area contributed by atoms with Gasteiger partial charge in [-0.25, -0.2) is 12.8 Å². The molecule has 0 atom stereocenters. The van der Waals surface area contributed by atoms with Crippen LogP contribution in [0.1, 0.15) is 34.6 Å². The van der Waals surface area contributed by atoms with Crippen molar-refractivity contribution < 1.29 is 17.6 Å². The van der Waals surface area contributed by atoms with Crippen molar-refractivity contribution in [2.24, 2.45) is 0 Å². The standard InChI is InChI=1S/C17H20FN3O3S/c1-11-15(17(22)20-14-7-5-6-13(18)10-14)19-12(2)16(11)25(23,24)21-8-3-4-9-21/h5-7,10,19H,3-4,8-9H2,1-2H3,(H,20,22). The number of aromatic nitrogens is 1. The van der Waals surface area contributed by atoms with Crippen LogP contribution in [-0.2, 0) is 10.0 Å². The Morgan fingerprint density at radius 3 is 2.56 bits per heavy atom. The van der Waals surface area contributed by atoms with Crippen LogP contribution in [0.25, 0.3) is 0 Å². The van der Waals surface area contributed by atoms with Gasteiger partial charge in [0.25, 0.3) is 5.91 Å². The van der Waals surface area contributed by atoms with E-state index in [1.807, 2.05) is 0 Å². The number of carbonyl (C=O) groups is 1. The number of aryl methyl sites for hydroxylation is 1. The summed E-state index contributed by atoms with van der Waals surface area (Å²) in [4.78, 5) is 15.5. The average molecular weight is 365 g/mol. The topological polar surface area (TPSA) is 82.3 Å². The van der Waals surface area contributed by atoms with Gasteiger partial charge in [0.2, 0.25) is 10.0 Å². The van der Waals surface area contributed by atoms with Crippen LogP contribution in [0.5, 0.6) is 0 Å². The Bertz CT molecular complexity index is 915. The highest BCUT2D eigenvalue weighted by Gasteiger charge is 2.33. The maximum Gasteiger partial charge on any atom is 0.272 e. The summed E-state index contributed by atoms with van der Waals surface area (Å²) in [5.41, 5.74) is 1.27. The van der Waals surface area contributed by atoms with Crippen LogP contribution in [-0.4, -0.2) is 36.7 Å². The second-order valence-electron chi connectivity index (χ2n) is 6.15. The molecule has 1 saturated heterocycles. The zero-order valence-electron chi connectivity index (χ0n) is 14.1. The minimum Gasteiger partial charge on any atom is -0.353 e. The fourth-order valence-corrected chi connectivity index (χ4v) is 5.09. The molecule has 1 amide bonds. The molecule has 3 rings (SSSR count). The predicted molar refractivity (Wildman–Crippen MR) is 92.6 cm³/mol. The zero-order valence-corrected chi connectivity index (χ0v) is 14.9. The molecule has 134 valence electrons. The number of aromatic amines is 1. The van der Waals surface area contributed by atoms with Gasteiger partial charge in [-0.05, 0) is 50.5 Å². The number of hydrogen-bond acceptors (Lipinski definition) is 3. The summed E-state index contributed by atoms with van der Waals surface area (Å²) in [5.74, 6) is -0.969. The average Bonchev–Trinajstić information content (AvgIpc) is 3.16. The molecule has 1 fully saturated rings. The van der Waals surface area contributed by atoms with E-state index in [1.54, 1.807) is 19.9 Å². The van der Waals surface area contributed by atoms with Crippen LogP contribution in [0.2, 0.25) is 0 Å². The van der Waals surface area contributed by atoms with Crippen molar-refractivity contribution in [2.45, 2.75) is 31.6 Å². The first-order valence-electron chi connectivity index (χ1n) is 8.07. The van der Waals surface area contributed by atoms with E-state index >= 15 is 0 Å². The smallest absolute Gasteiger partial charge is 0.272 e. The van der Waals surface area contributed by atoms with Crippen LogP contribution in [0.4, 0.5) is 10.1 Å². The molecule has 0 aliphatic carbocycles. The van der Waals surface area contributed by atoms with E-state index in [9.17, 15) is 17.6 Å². The van der Waals surface area contributed by atoms with Gasteiger partial charge in [0, 0.05) is 24.5 Å². The lowest BCUT2D eigenvalue weighted by Gasteiger charge is -2.16. The molecule has 1 aromatic carbocycles. The maximum atomic E-state index is 13.3. The first-order chi connectivity index (χ1) is 11.8. The molecular formula is C17H20FN3O3S. The predicted octanol–water partition coefficient (Wildman–Crippen LogP) is 2.81. The van der Waals surface area contributed by atoms with Gasteiger partial charge in [0.1, 0.15) is 16.4 Å². The fraction of sp³-hybridized carbons (Fsp3) is 0.353. The van der Waals surface area contributed by atoms with Crippen LogP contribution in [0, 0.1) is 19.7 Å². The Balaban J connectivity index is 1.92. The summed E-state index contributed by atoms with van der Waals surface area (Å²) in [6.07, 6.45) is 1.68. The van der Waals surface area contributed by atoms with Gasteiger partial charge in [-0.2, -0.15) is 4.31 Å². The quantitative estimate of drug-likeness (QED) is 0.874. The maximum absolute atomic E-state index is 13.3. The number of amides is 1. The van der Waals surface area contributed by atoms with E-state index < -0.39 is 21.7 Å². The number of H-pyrrole nitrogens is 1. The molecule has 1 aliphatic heterocycles. The molecular weight excluding hydrogens is 345 g/mol. The van der Waals surface area contributed by atoms with Crippen LogP contribution in [0.3, 0.4) is 0 Å². The summed E-state index contributed by atoms with van der Waals surface area (Å²) in [6, 6.07) is 5.53. The molecule has 0 bridgehead atoms. The highest BCUT2D eigenvalue weighted by Crippen LogP contribution is 2.29. The van der Waals surface area contributed by atoms with Gasteiger partial charge < -0.3 is 10.3 Å². The van der Waals surface area contributed by atoms with Crippen molar-refractivity contribution in [3.8, 4) is 0 Å². The lowest BCUT2D eigenvalue weighted by atomic mass is 10.2. The Morgan fingerprint density at radius 2 is 1.92 bits per heavy atom. The van der Waals surface area contributed by atoms with Crippen molar-refractivity contribution in [1.82, 2.24) is 9.29 Å². The van der Waals surface area contributed by atoms with Gasteiger partial charge in [-0.3, -0.25) is 4.79 Å². The second kappa shape index (κ2) is 6.61. The minimum absolute atomic E-state index is 0.152. The molecule has 25 heavy (non-hydrogen) atoms. The van der Waals surface area contributed by atoms with E-state index in [2.05, 4.69) is 10.3 Å². The van der Waals surface area contributed by atoms with Gasteiger partial charge in [0.15, 0.2) is 0 Å². The summed E-state index contributed by atoms with van der Waals surface area (Å²) in [7, 11) is -3.63. The number of benzene rings is 1. The SMILES string of the molecule is Cc1[nH]c(C(=O)Nc2cccc(F)c2)c(C)c1S(=O)(=O)N1CCCC1. The molecule has 6 nitrogen and oxygen atoms in total. The molecule has 0 spiro atoms. The number of rotatable bonds is 4. The largest absolute Gasteiger partial charge is 0.353 e. The normalized spacial score (nSPS) is 15.5. The van der Waals surface area contributed by atoms with Gasteiger partial charge in [0.05, 0.1) is 0 Å². The second-order valence-corrected chi connectivity index (χ2v) is 8.03. The van der Waals surface area contributed by atoms with E-state index in [1.165, 1.54) is 22.5 Å². The molecule has 8 heteroatoms. The summed E-state index contributed by atoms with van der Waals surface area (Å²) in [5, 5.41) is 2.58. The third-order valence-corrected chi connectivity index (χ3v) is 6.51. The number of halogens is 1. The van der Waals surface area contributed by atoms with E-state index in [-0.39, 0.29) is 10.6 Å². The van der Waals surface area contributed by atoms with Crippen molar-refractivity contribution >= 4 is 21.6 Å². The number of hydrogen-bond donors (Lipinski definition) is 2. The molecule has 2 N–H and O–H groups in total.